The Kier molecular flexibility index (Phi) is 6.59. The van der Waals surface area contributed by atoms with Gasteiger partial charge in [-0.05, 0) is 42.5 Å². The number of carbonyl (C=O) groups excluding carboxylic acids is 3. The molecule has 1 saturated carbocycles. The summed E-state index contributed by atoms with van der Waals surface area (Å²) in [7, 11) is 0. The fourth-order valence-electron chi connectivity index (χ4n) is 3.30. The first-order valence-corrected chi connectivity index (χ1v) is 8.66. The van der Waals surface area contributed by atoms with Crippen LogP contribution in [0.5, 0.6) is 0 Å². The van der Waals surface area contributed by atoms with Gasteiger partial charge in [0, 0.05) is 12.8 Å². The molecule has 2 atom stereocenters. The predicted molar refractivity (Wildman–Crippen MR) is 88.2 cm³/mol. The lowest BCUT2D eigenvalue weighted by Crippen LogP contribution is -2.50. The summed E-state index contributed by atoms with van der Waals surface area (Å²) < 4.78 is 77.4. The molecule has 0 unspecified atom stereocenters. The molecule has 1 aromatic carbocycles. The molecule has 2 rings (SSSR count). The van der Waals surface area contributed by atoms with Crippen molar-refractivity contribution in [2.45, 2.75) is 50.5 Å². The van der Waals surface area contributed by atoms with Gasteiger partial charge in [0.05, 0.1) is 17.5 Å². The Morgan fingerprint density at radius 1 is 1.07 bits per heavy atom. The molecule has 1 aliphatic rings. The quantitative estimate of drug-likeness (QED) is 0.713. The minimum Gasteiger partial charge on any atom is -0.368 e. The van der Waals surface area contributed by atoms with E-state index in [1.54, 1.807) is 0 Å². The van der Waals surface area contributed by atoms with E-state index in [4.69, 9.17) is 5.73 Å². The molecule has 0 spiro atoms. The summed E-state index contributed by atoms with van der Waals surface area (Å²) >= 11 is 0. The lowest BCUT2D eigenvalue weighted by molar-refractivity contribution is -0.143. The molecule has 0 heterocycles. The Bertz CT molecular complexity index is 772. The monoisotopic (exact) mass is 424 g/mol. The number of primary amides is 1. The van der Waals surface area contributed by atoms with E-state index >= 15 is 0 Å². The molecule has 0 aliphatic heterocycles. The average Bonchev–Trinajstić information content (AvgIpc) is 2.57. The van der Waals surface area contributed by atoms with Gasteiger partial charge in [-0.2, -0.15) is 26.3 Å². The highest BCUT2D eigenvalue weighted by Gasteiger charge is 2.37. The van der Waals surface area contributed by atoms with Gasteiger partial charge in [-0.3, -0.25) is 14.4 Å². The Balaban J connectivity index is 2.22. The van der Waals surface area contributed by atoms with Crippen LogP contribution in [0, 0.1) is 5.92 Å². The largest absolute Gasteiger partial charge is 0.416 e. The topological polar surface area (TPSA) is 89.3 Å². The van der Waals surface area contributed by atoms with E-state index in [9.17, 15) is 40.7 Å². The molecule has 0 aromatic heterocycles. The predicted octanol–water partition coefficient (Wildman–Crippen LogP) is 3.00. The maximum atomic E-state index is 12.9. The zero-order valence-corrected chi connectivity index (χ0v) is 15.0. The zero-order valence-electron chi connectivity index (χ0n) is 15.0. The number of alkyl halides is 6. The zero-order chi connectivity index (χ0) is 22.0. The van der Waals surface area contributed by atoms with Crippen molar-refractivity contribution in [1.82, 2.24) is 5.32 Å². The Morgan fingerprint density at radius 3 is 2.07 bits per heavy atom. The van der Waals surface area contributed by atoms with Crippen molar-refractivity contribution >= 4 is 17.6 Å². The van der Waals surface area contributed by atoms with E-state index in [0.29, 0.717) is 31.4 Å². The van der Waals surface area contributed by atoms with Crippen LogP contribution in [0.4, 0.5) is 26.3 Å². The van der Waals surface area contributed by atoms with Crippen LogP contribution in [0.25, 0.3) is 0 Å². The third kappa shape index (κ3) is 6.20. The molecule has 160 valence electrons. The molecule has 2 amide bonds. The summed E-state index contributed by atoms with van der Waals surface area (Å²) in [5.74, 6) is -2.59. The van der Waals surface area contributed by atoms with Crippen molar-refractivity contribution in [1.29, 1.82) is 0 Å². The number of carbonyl (C=O) groups is 3. The third-order valence-electron chi connectivity index (χ3n) is 4.63. The lowest BCUT2D eigenvalue weighted by atomic mass is 9.82. The van der Waals surface area contributed by atoms with Gasteiger partial charge in [0.2, 0.25) is 11.8 Å². The number of halogens is 6. The third-order valence-corrected chi connectivity index (χ3v) is 4.63. The number of amides is 2. The number of rotatable bonds is 5. The van der Waals surface area contributed by atoms with Gasteiger partial charge in [0.1, 0.15) is 11.8 Å². The van der Waals surface area contributed by atoms with E-state index in [-0.39, 0.29) is 18.3 Å². The maximum absolute atomic E-state index is 12.9. The first-order chi connectivity index (χ1) is 13.3. The molecule has 1 aromatic rings. The number of Topliss-reactive ketones (excluding diaryl/α,β-unsaturated/α-hetero) is 1. The van der Waals surface area contributed by atoms with Gasteiger partial charge in [0.25, 0.3) is 0 Å². The van der Waals surface area contributed by atoms with Crippen LogP contribution in [0.15, 0.2) is 18.2 Å². The van der Waals surface area contributed by atoms with Crippen LogP contribution < -0.4 is 11.1 Å². The number of hydrogen-bond acceptors (Lipinski definition) is 3. The van der Waals surface area contributed by atoms with Crippen molar-refractivity contribution in [2.75, 3.05) is 0 Å². The molecule has 5 nitrogen and oxygen atoms in total. The summed E-state index contributed by atoms with van der Waals surface area (Å²) in [6, 6.07) is -0.391. The first kappa shape index (κ1) is 22.7. The number of nitrogens with two attached hydrogens (primary N) is 1. The van der Waals surface area contributed by atoms with Gasteiger partial charge in [-0.1, -0.05) is 0 Å². The molecule has 3 N–H and O–H groups in total. The van der Waals surface area contributed by atoms with E-state index in [2.05, 4.69) is 5.32 Å². The average molecular weight is 424 g/mol. The van der Waals surface area contributed by atoms with Crippen molar-refractivity contribution in [2.24, 2.45) is 11.7 Å². The van der Waals surface area contributed by atoms with E-state index in [1.165, 1.54) is 0 Å². The second kappa shape index (κ2) is 8.42. The van der Waals surface area contributed by atoms with E-state index in [1.807, 2.05) is 0 Å². The summed E-state index contributed by atoms with van der Waals surface area (Å²) in [4.78, 5) is 35.4. The Labute approximate surface area is 161 Å². The fraction of sp³-hybridized carbons (Fsp3) is 0.500. The maximum Gasteiger partial charge on any atom is 0.416 e. The van der Waals surface area contributed by atoms with Crippen molar-refractivity contribution in [3.63, 3.8) is 0 Å². The molecule has 1 fully saturated rings. The number of hydrogen-bond donors (Lipinski definition) is 2. The second-order valence-electron chi connectivity index (χ2n) is 6.93. The minimum atomic E-state index is -5.04. The van der Waals surface area contributed by atoms with Gasteiger partial charge < -0.3 is 11.1 Å². The fourth-order valence-corrected chi connectivity index (χ4v) is 3.30. The van der Waals surface area contributed by atoms with Crippen LogP contribution >= 0.6 is 0 Å². The van der Waals surface area contributed by atoms with Crippen molar-refractivity contribution < 1.29 is 40.7 Å². The number of ketones is 1. The van der Waals surface area contributed by atoms with Crippen LogP contribution in [0.1, 0.15) is 42.4 Å². The second-order valence-corrected chi connectivity index (χ2v) is 6.93. The van der Waals surface area contributed by atoms with Crippen LogP contribution in [0.2, 0.25) is 0 Å². The van der Waals surface area contributed by atoms with Crippen molar-refractivity contribution in [3.8, 4) is 0 Å². The van der Waals surface area contributed by atoms with Gasteiger partial charge >= 0.3 is 12.4 Å². The molecule has 0 saturated heterocycles. The molecule has 0 radical (unpaired) electrons. The molecule has 29 heavy (non-hydrogen) atoms. The van der Waals surface area contributed by atoms with Gasteiger partial charge in [-0.15, -0.1) is 0 Å². The minimum absolute atomic E-state index is 0.00959. The highest BCUT2D eigenvalue weighted by Crippen LogP contribution is 2.36. The Hall–Kier alpha value is -2.59. The first-order valence-electron chi connectivity index (χ1n) is 8.66. The summed E-state index contributed by atoms with van der Waals surface area (Å²) in [5.41, 5.74) is 1.65. The van der Waals surface area contributed by atoms with E-state index < -0.39 is 59.2 Å². The standard InChI is InChI=1S/C18H18F6N2O3/c19-17(20,21)11-4-9(5-12(8-11)18(22,23)24)6-14(28)26-15(16(25)29)10-2-1-3-13(27)7-10/h4-5,8,10,15H,1-3,6-7H2,(H2,25,29)(H,26,28)/t10-,15-/m1/s1. The van der Waals surface area contributed by atoms with Crippen LogP contribution in [-0.2, 0) is 33.2 Å². The molecular weight excluding hydrogens is 406 g/mol. The smallest absolute Gasteiger partial charge is 0.368 e. The highest BCUT2D eigenvalue weighted by molar-refractivity contribution is 5.89. The van der Waals surface area contributed by atoms with Crippen molar-refractivity contribution in [3.05, 3.63) is 34.9 Å². The number of nitrogens with one attached hydrogen (secondary N) is 1. The summed E-state index contributed by atoms with van der Waals surface area (Å²) in [6.45, 7) is 0. The lowest BCUT2D eigenvalue weighted by Gasteiger charge is -2.28. The molecule has 0 bridgehead atoms. The molecule has 1 aliphatic carbocycles. The van der Waals surface area contributed by atoms with Crippen LogP contribution in [0.3, 0.4) is 0 Å². The summed E-state index contributed by atoms with van der Waals surface area (Å²) in [6.07, 6.45) is -9.63. The van der Waals surface area contributed by atoms with E-state index in [0.717, 1.165) is 0 Å². The molecule has 11 heteroatoms. The molecular formula is C18H18F6N2O3. The highest BCUT2D eigenvalue weighted by atomic mass is 19.4. The normalized spacial score (nSPS) is 19.0. The summed E-state index contributed by atoms with van der Waals surface area (Å²) in [5, 5.41) is 2.24. The van der Waals surface area contributed by atoms with Crippen LogP contribution in [-0.4, -0.2) is 23.6 Å². The van der Waals surface area contributed by atoms with Gasteiger partial charge in [0.15, 0.2) is 0 Å². The van der Waals surface area contributed by atoms with Gasteiger partial charge in [-0.25, -0.2) is 0 Å². The number of benzene rings is 1. The Morgan fingerprint density at radius 2 is 1.62 bits per heavy atom. The SMILES string of the molecule is NC(=O)[C@H](NC(=O)Cc1cc(C(F)(F)F)cc(C(F)(F)F)c1)[C@@H]1CCCC(=O)C1.